The van der Waals surface area contributed by atoms with Crippen LogP contribution in [0.2, 0.25) is 0 Å². The summed E-state index contributed by atoms with van der Waals surface area (Å²) in [4.78, 5) is 12.6. The molecule has 2 unspecified atom stereocenters. The summed E-state index contributed by atoms with van der Waals surface area (Å²) in [6, 6.07) is 8.19. The van der Waals surface area contributed by atoms with Crippen LogP contribution in [0.15, 0.2) is 24.3 Å². The van der Waals surface area contributed by atoms with Crippen LogP contribution in [-0.4, -0.2) is 44.7 Å². The van der Waals surface area contributed by atoms with Crippen LogP contribution in [0.4, 0.5) is 5.69 Å². The molecule has 0 aromatic heterocycles. The van der Waals surface area contributed by atoms with E-state index < -0.39 is 10.0 Å². The van der Waals surface area contributed by atoms with E-state index in [0.717, 1.165) is 12.8 Å². The number of carbonyl (C=O) groups is 1. The summed E-state index contributed by atoms with van der Waals surface area (Å²) in [5.41, 5.74) is 1.12. The number of benzene rings is 1. The number of piperidine rings is 1. The van der Waals surface area contributed by atoms with Gasteiger partial charge in [-0.15, -0.1) is 12.4 Å². The van der Waals surface area contributed by atoms with E-state index in [9.17, 15) is 13.2 Å². The Morgan fingerprint density at radius 3 is 2.56 bits per heavy atom. The summed E-state index contributed by atoms with van der Waals surface area (Å²) >= 11 is 0. The molecule has 2 N–H and O–H groups in total. The molecule has 2 atom stereocenters. The predicted octanol–water partition coefficient (Wildman–Crippen LogP) is 1.66. The summed E-state index contributed by atoms with van der Waals surface area (Å²) in [5, 5.41) is 6.69. The molecule has 0 spiro atoms. The fourth-order valence-electron chi connectivity index (χ4n) is 4.18. The molecule has 0 aliphatic carbocycles. The van der Waals surface area contributed by atoms with Gasteiger partial charge >= 0.3 is 0 Å². The second-order valence-corrected chi connectivity index (χ2v) is 9.08. The second kappa shape index (κ2) is 7.13. The zero-order chi connectivity index (χ0) is 16.7. The number of anilines is 1. The average molecular weight is 386 g/mol. The SMILES string of the molecule is Cl.O=C(NC1CC2CCC(C1)N2)c1cccc(N2CCCS2(=O)=O)c1. The number of hydrogen-bond donors (Lipinski definition) is 2. The molecule has 0 saturated carbocycles. The van der Waals surface area contributed by atoms with Gasteiger partial charge in [0.2, 0.25) is 10.0 Å². The number of hydrogen-bond acceptors (Lipinski definition) is 4. The number of halogens is 1. The zero-order valence-corrected chi connectivity index (χ0v) is 15.6. The number of rotatable bonds is 3. The molecule has 25 heavy (non-hydrogen) atoms. The first-order valence-corrected chi connectivity index (χ1v) is 10.3. The summed E-state index contributed by atoms with van der Waals surface area (Å²) in [7, 11) is -3.22. The van der Waals surface area contributed by atoms with Crippen molar-refractivity contribution in [1.82, 2.24) is 10.6 Å². The maximum atomic E-state index is 12.6. The second-order valence-electron chi connectivity index (χ2n) is 7.07. The van der Waals surface area contributed by atoms with Crippen molar-refractivity contribution in [3.05, 3.63) is 29.8 Å². The van der Waals surface area contributed by atoms with E-state index >= 15 is 0 Å². The monoisotopic (exact) mass is 385 g/mol. The van der Waals surface area contributed by atoms with E-state index in [-0.39, 0.29) is 30.1 Å². The molecule has 3 heterocycles. The number of amides is 1. The van der Waals surface area contributed by atoms with Gasteiger partial charge in [0.15, 0.2) is 0 Å². The number of fused-ring (bicyclic) bond motifs is 2. The molecular formula is C17H24ClN3O3S. The number of nitrogens with one attached hydrogen (secondary N) is 2. The summed E-state index contributed by atoms with van der Waals surface area (Å²) in [6.45, 7) is 0.491. The minimum absolute atomic E-state index is 0. The Balaban J connectivity index is 0.00000182. The molecule has 8 heteroatoms. The first kappa shape index (κ1) is 18.5. The van der Waals surface area contributed by atoms with Crippen LogP contribution >= 0.6 is 12.4 Å². The van der Waals surface area contributed by atoms with Crippen LogP contribution in [0.25, 0.3) is 0 Å². The Labute approximate surface area is 154 Å². The van der Waals surface area contributed by atoms with Crippen molar-refractivity contribution in [2.45, 2.75) is 50.2 Å². The van der Waals surface area contributed by atoms with Crippen LogP contribution in [-0.2, 0) is 10.0 Å². The summed E-state index contributed by atoms with van der Waals surface area (Å²) in [6.07, 6.45) is 4.97. The molecule has 3 aliphatic rings. The molecular weight excluding hydrogens is 362 g/mol. The lowest BCUT2D eigenvalue weighted by atomic mass is 9.99. The van der Waals surface area contributed by atoms with E-state index in [0.29, 0.717) is 36.3 Å². The maximum absolute atomic E-state index is 12.6. The molecule has 0 radical (unpaired) electrons. The quantitative estimate of drug-likeness (QED) is 0.829. The Kier molecular flexibility index (Phi) is 5.27. The fourth-order valence-corrected chi connectivity index (χ4v) is 5.73. The highest BCUT2D eigenvalue weighted by atomic mass is 35.5. The van der Waals surface area contributed by atoms with Gasteiger partial charge in [0.25, 0.3) is 5.91 Å². The predicted molar refractivity (Wildman–Crippen MR) is 99.9 cm³/mol. The average Bonchev–Trinajstić information content (AvgIpc) is 3.08. The molecule has 3 saturated heterocycles. The highest BCUT2D eigenvalue weighted by molar-refractivity contribution is 7.93. The molecule has 1 aromatic rings. The van der Waals surface area contributed by atoms with Crippen molar-refractivity contribution in [3.63, 3.8) is 0 Å². The third kappa shape index (κ3) is 3.78. The lowest BCUT2D eigenvalue weighted by Crippen LogP contribution is -2.48. The van der Waals surface area contributed by atoms with Crippen molar-refractivity contribution in [3.8, 4) is 0 Å². The van der Waals surface area contributed by atoms with E-state index in [1.165, 1.54) is 17.1 Å². The lowest BCUT2D eigenvalue weighted by Gasteiger charge is -2.29. The molecule has 138 valence electrons. The molecule has 1 amide bonds. The highest BCUT2D eigenvalue weighted by Crippen LogP contribution is 2.28. The first-order chi connectivity index (χ1) is 11.5. The van der Waals surface area contributed by atoms with Gasteiger partial charge in [-0.3, -0.25) is 9.10 Å². The number of carbonyl (C=O) groups excluding carboxylic acids is 1. The van der Waals surface area contributed by atoms with Crippen molar-refractivity contribution >= 4 is 34.0 Å². The van der Waals surface area contributed by atoms with Gasteiger partial charge in [0, 0.05) is 30.2 Å². The van der Waals surface area contributed by atoms with E-state index in [1.807, 2.05) is 0 Å². The maximum Gasteiger partial charge on any atom is 0.251 e. The van der Waals surface area contributed by atoms with Gasteiger partial charge in [0.05, 0.1) is 11.4 Å². The molecule has 4 rings (SSSR count). The molecule has 3 fully saturated rings. The standard InChI is InChI=1S/C17H23N3O3S.ClH/c21-17(19-15-10-13-5-6-14(11-15)18-13)12-3-1-4-16(9-12)20-7-2-8-24(20,22)23;/h1,3-4,9,13-15,18H,2,5-8,10-11H2,(H,19,21);1H. The van der Waals surface area contributed by atoms with Gasteiger partial charge in [-0.05, 0) is 50.3 Å². The fraction of sp³-hybridized carbons (Fsp3) is 0.588. The van der Waals surface area contributed by atoms with Crippen molar-refractivity contribution in [1.29, 1.82) is 0 Å². The minimum Gasteiger partial charge on any atom is -0.349 e. The van der Waals surface area contributed by atoms with Gasteiger partial charge in [0.1, 0.15) is 0 Å². The van der Waals surface area contributed by atoms with Crippen molar-refractivity contribution < 1.29 is 13.2 Å². The van der Waals surface area contributed by atoms with Gasteiger partial charge in [-0.2, -0.15) is 0 Å². The Hall–Kier alpha value is -1.31. The Morgan fingerprint density at radius 2 is 1.92 bits per heavy atom. The topological polar surface area (TPSA) is 78.5 Å². The molecule has 2 bridgehead atoms. The van der Waals surface area contributed by atoms with Crippen LogP contribution in [0.5, 0.6) is 0 Å². The highest BCUT2D eigenvalue weighted by Gasteiger charge is 2.34. The van der Waals surface area contributed by atoms with Crippen LogP contribution in [0.3, 0.4) is 0 Å². The Bertz CT molecular complexity index is 743. The zero-order valence-electron chi connectivity index (χ0n) is 14.0. The van der Waals surface area contributed by atoms with Crippen LogP contribution in [0.1, 0.15) is 42.5 Å². The van der Waals surface area contributed by atoms with Gasteiger partial charge in [-0.1, -0.05) is 6.07 Å². The molecule has 3 aliphatic heterocycles. The van der Waals surface area contributed by atoms with Gasteiger partial charge < -0.3 is 10.6 Å². The van der Waals surface area contributed by atoms with E-state index in [4.69, 9.17) is 0 Å². The largest absolute Gasteiger partial charge is 0.349 e. The number of sulfonamides is 1. The van der Waals surface area contributed by atoms with E-state index in [1.54, 1.807) is 24.3 Å². The third-order valence-electron chi connectivity index (χ3n) is 5.30. The summed E-state index contributed by atoms with van der Waals surface area (Å²) in [5.74, 6) is 0.0705. The molecule has 1 aromatic carbocycles. The third-order valence-corrected chi connectivity index (χ3v) is 7.17. The minimum atomic E-state index is -3.22. The van der Waals surface area contributed by atoms with E-state index in [2.05, 4.69) is 10.6 Å². The van der Waals surface area contributed by atoms with Gasteiger partial charge in [-0.25, -0.2) is 8.42 Å². The Morgan fingerprint density at radius 1 is 1.20 bits per heavy atom. The van der Waals surface area contributed by atoms with Crippen LogP contribution in [0, 0.1) is 0 Å². The smallest absolute Gasteiger partial charge is 0.251 e. The normalized spacial score (nSPS) is 29.9. The summed E-state index contributed by atoms with van der Waals surface area (Å²) < 4.78 is 25.5. The molecule has 6 nitrogen and oxygen atoms in total. The van der Waals surface area contributed by atoms with Crippen molar-refractivity contribution in [2.24, 2.45) is 0 Å². The van der Waals surface area contributed by atoms with Crippen molar-refractivity contribution in [2.75, 3.05) is 16.6 Å². The lowest BCUT2D eigenvalue weighted by molar-refractivity contribution is 0.0924. The number of nitrogens with zero attached hydrogens (tertiary/aromatic N) is 1. The first-order valence-electron chi connectivity index (χ1n) is 8.69. The van der Waals surface area contributed by atoms with Crippen LogP contribution < -0.4 is 14.9 Å².